The van der Waals surface area contributed by atoms with E-state index in [2.05, 4.69) is 10.6 Å². The third-order valence-electron chi connectivity index (χ3n) is 4.93. The van der Waals surface area contributed by atoms with E-state index < -0.39 is 0 Å². The fourth-order valence-corrected chi connectivity index (χ4v) is 3.91. The van der Waals surface area contributed by atoms with Crippen LogP contribution in [0, 0.1) is 5.92 Å². The van der Waals surface area contributed by atoms with Gasteiger partial charge in [-0.15, -0.1) is 0 Å². The Hall–Kier alpha value is -0.160. The first-order valence-corrected chi connectivity index (χ1v) is 8.09. The summed E-state index contributed by atoms with van der Waals surface area (Å²) in [5, 5.41) is 7.49. The first-order chi connectivity index (χ1) is 9.43. The van der Waals surface area contributed by atoms with Gasteiger partial charge in [0, 0.05) is 18.6 Å². The van der Waals surface area contributed by atoms with Gasteiger partial charge in [0.2, 0.25) is 0 Å². The summed E-state index contributed by atoms with van der Waals surface area (Å²) < 4.78 is 11.2. The molecule has 3 fully saturated rings. The van der Waals surface area contributed by atoms with Crippen molar-refractivity contribution in [3.05, 3.63) is 0 Å². The summed E-state index contributed by atoms with van der Waals surface area (Å²) in [6, 6.07) is 1.43. The zero-order chi connectivity index (χ0) is 12.9. The predicted molar refractivity (Wildman–Crippen MR) is 75.3 cm³/mol. The average Bonchev–Trinajstić information content (AvgIpc) is 2.95. The molecule has 0 amide bonds. The minimum absolute atomic E-state index is 0.259. The lowest BCUT2D eigenvalue weighted by atomic mass is 9.88. The molecule has 2 aliphatic heterocycles. The molecule has 1 saturated carbocycles. The molecular weight excluding hydrogens is 240 g/mol. The standard InChI is InChI=1S/C15H28N2O2/c1-2-7-16-14(5-1)13-4-3-6-15(13)17-10-12-11-18-8-9-19-12/h12-17H,1-11H2. The highest BCUT2D eigenvalue weighted by Crippen LogP contribution is 2.31. The van der Waals surface area contributed by atoms with E-state index in [1.807, 2.05) is 0 Å². The summed E-state index contributed by atoms with van der Waals surface area (Å²) in [7, 11) is 0. The van der Waals surface area contributed by atoms with E-state index >= 15 is 0 Å². The highest BCUT2D eigenvalue weighted by atomic mass is 16.6. The molecule has 2 saturated heterocycles. The summed E-state index contributed by atoms with van der Waals surface area (Å²) in [5.74, 6) is 0.824. The van der Waals surface area contributed by atoms with E-state index in [9.17, 15) is 0 Å². The van der Waals surface area contributed by atoms with Crippen molar-refractivity contribution in [2.24, 2.45) is 5.92 Å². The second kappa shape index (κ2) is 7.02. The van der Waals surface area contributed by atoms with Gasteiger partial charge in [-0.3, -0.25) is 0 Å². The van der Waals surface area contributed by atoms with Crippen molar-refractivity contribution in [2.75, 3.05) is 32.9 Å². The zero-order valence-corrected chi connectivity index (χ0v) is 11.9. The molecular formula is C15H28N2O2. The van der Waals surface area contributed by atoms with E-state index in [1.54, 1.807) is 0 Å². The lowest BCUT2D eigenvalue weighted by Gasteiger charge is -2.34. The van der Waals surface area contributed by atoms with Crippen molar-refractivity contribution < 1.29 is 9.47 Å². The molecule has 4 nitrogen and oxygen atoms in total. The van der Waals surface area contributed by atoms with E-state index in [-0.39, 0.29) is 6.10 Å². The second-order valence-corrected chi connectivity index (χ2v) is 6.23. The van der Waals surface area contributed by atoms with Crippen LogP contribution in [-0.4, -0.2) is 51.1 Å². The Labute approximate surface area is 116 Å². The van der Waals surface area contributed by atoms with Crippen LogP contribution >= 0.6 is 0 Å². The predicted octanol–water partition coefficient (Wildman–Crippen LogP) is 1.30. The first-order valence-electron chi connectivity index (χ1n) is 8.09. The van der Waals surface area contributed by atoms with Crippen LogP contribution in [0.2, 0.25) is 0 Å². The second-order valence-electron chi connectivity index (χ2n) is 6.23. The topological polar surface area (TPSA) is 42.5 Å². The molecule has 4 atom stereocenters. The SMILES string of the molecule is C1CCC(C2CCCC2NCC2COCCO2)NC1. The molecule has 0 aromatic carbocycles. The molecule has 3 rings (SSSR count). The van der Waals surface area contributed by atoms with Gasteiger partial charge in [-0.25, -0.2) is 0 Å². The van der Waals surface area contributed by atoms with Crippen LogP contribution < -0.4 is 10.6 Å². The number of hydrogen-bond acceptors (Lipinski definition) is 4. The van der Waals surface area contributed by atoms with Gasteiger partial charge in [-0.05, 0) is 38.1 Å². The van der Waals surface area contributed by atoms with Crippen molar-refractivity contribution in [3.8, 4) is 0 Å². The fraction of sp³-hybridized carbons (Fsp3) is 1.00. The molecule has 0 radical (unpaired) electrons. The first kappa shape index (κ1) is 13.8. The summed E-state index contributed by atoms with van der Waals surface area (Å²) in [5.41, 5.74) is 0. The normalized spacial score (nSPS) is 40.4. The molecule has 2 heterocycles. The molecule has 2 N–H and O–H groups in total. The van der Waals surface area contributed by atoms with Gasteiger partial charge in [0.15, 0.2) is 0 Å². The lowest BCUT2D eigenvalue weighted by molar-refractivity contribution is -0.0874. The number of piperidine rings is 1. The van der Waals surface area contributed by atoms with Crippen LogP contribution in [0.15, 0.2) is 0 Å². The van der Waals surface area contributed by atoms with Gasteiger partial charge in [0.05, 0.1) is 25.9 Å². The zero-order valence-electron chi connectivity index (χ0n) is 11.9. The largest absolute Gasteiger partial charge is 0.376 e. The molecule has 0 bridgehead atoms. The number of hydrogen-bond donors (Lipinski definition) is 2. The van der Waals surface area contributed by atoms with Crippen LogP contribution in [0.3, 0.4) is 0 Å². The Kier molecular flexibility index (Phi) is 5.10. The number of ether oxygens (including phenoxy) is 2. The van der Waals surface area contributed by atoms with Crippen molar-refractivity contribution in [1.82, 2.24) is 10.6 Å². The van der Waals surface area contributed by atoms with Crippen LogP contribution in [0.25, 0.3) is 0 Å². The number of nitrogens with one attached hydrogen (secondary N) is 2. The summed E-state index contributed by atoms with van der Waals surface area (Å²) in [6.45, 7) is 4.44. The van der Waals surface area contributed by atoms with Crippen molar-refractivity contribution >= 4 is 0 Å². The minimum atomic E-state index is 0.259. The van der Waals surface area contributed by atoms with Crippen molar-refractivity contribution in [2.45, 2.75) is 56.7 Å². The Morgan fingerprint density at radius 2 is 2.05 bits per heavy atom. The molecule has 1 aliphatic carbocycles. The summed E-state index contributed by atoms with van der Waals surface area (Å²) >= 11 is 0. The maximum Gasteiger partial charge on any atom is 0.0933 e. The fourth-order valence-electron chi connectivity index (χ4n) is 3.91. The van der Waals surface area contributed by atoms with Crippen LogP contribution in [0.4, 0.5) is 0 Å². The van der Waals surface area contributed by atoms with E-state index in [1.165, 1.54) is 45.1 Å². The maximum atomic E-state index is 5.72. The van der Waals surface area contributed by atoms with Gasteiger partial charge in [0.1, 0.15) is 0 Å². The van der Waals surface area contributed by atoms with Crippen molar-refractivity contribution in [3.63, 3.8) is 0 Å². The Morgan fingerprint density at radius 3 is 2.84 bits per heavy atom. The minimum Gasteiger partial charge on any atom is -0.376 e. The highest BCUT2D eigenvalue weighted by Gasteiger charge is 2.34. The van der Waals surface area contributed by atoms with Crippen LogP contribution in [0.1, 0.15) is 38.5 Å². The highest BCUT2D eigenvalue weighted by molar-refractivity contribution is 4.92. The van der Waals surface area contributed by atoms with E-state index in [0.29, 0.717) is 6.04 Å². The molecule has 0 aromatic rings. The van der Waals surface area contributed by atoms with E-state index in [0.717, 1.165) is 38.3 Å². The lowest BCUT2D eigenvalue weighted by Crippen LogP contribution is -2.49. The molecule has 4 unspecified atom stereocenters. The Bertz CT molecular complexity index is 263. The van der Waals surface area contributed by atoms with Gasteiger partial charge in [0.25, 0.3) is 0 Å². The van der Waals surface area contributed by atoms with Crippen molar-refractivity contribution in [1.29, 1.82) is 0 Å². The molecule has 110 valence electrons. The molecule has 0 spiro atoms. The van der Waals surface area contributed by atoms with Crippen LogP contribution in [-0.2, 0) is 9.47 Å². The van der Waals surface area contributed by atoms with Gasteiger partial charge in [-0.1, -0.05) is 12.8 Å². The smallest absolute Gasteiger partial charge is 0.0933 e. The van der Waals surface area contributed by atoms with Gasteiger partial charge < -0.3 is 20.1 Å². The quantitative estimate of drug-likeness (QED) is 0.806. The Morgan fingerprint density at radius 1 is 1.05 bits per heavy atom. The molecule has 0 aromatic heterocycles. The van der Waals surface area contributed by atoms with Crippen LogP contribution in [0.5, 0.6) is 0 Å². The monoisotopic (exact) mass is 268 g/mol. The summed E-state index contributed by atoms with van der Waals surface area (Å²) in [4.78, 5) is 0. The number of rotatable bonds is 4. The van der Waals surface area contributed by atoms with Gasteiger partial charge in [-0.2, -0.15) is 0 Å². The average molecular weight is 268 g/mol. The van der Waals surface area contributed by atoms with Gasteiger partial charge >= 0.3 is 0 Å². The molecule has 19 heavy (non-hydrogen) atoms. The molecule has 3 aliphatic rings. The maximum absolute atomic E-state index is 5.72. The van der Waals surface area contributed by atoms with E-state index in [4.69, 9.17) is 9.47 Å². The third-order valence-corrected chi connectivity index (χ3v) is 4.93. The summed E-state index contributed by atoms with van der Waals surface area (Å²) in [6.07, 6.45) is 8.48. The molecule has 4 heteroatoms. The third kappa shape index (κ3) is 3.69. The Balaban J connectivity index is 1.45.